The lowest BCUT2D eigenvalue weighted by Crippen LogP contribution is -2.38. The lowest BCUT2D eigenvalue weighted by Gasteiger charge is -2.34. The highest BCUT2D eigenvalue weighted by molar-refractivity contribution is 7.08. The topological polar surface area (TPSA) is 6.48 Å². The number of nitrogens with zero attached hydrogens (tertiary/aromatic N) is 2. The number of hydrogen-bond donors (Lipinski definition) is 0. The lowest BCUT2D eigenvalue weighted by molar-refractivity contribution is -0.137. The van der Waals surface area contributed by atoms with E-state index < -0.39 is 11.7 Å². The molecule has 3 aromatic rings. The van der Waals surface area contributed by atoms with E-state index in [0.717, 1.165) is 45.6 Å². The summed E-state index contributed by atoms with van der Waals surface area (Å²) in [6.45, 7) is 5.13. The van der Waals surface area contributed by atoms with Crippen molar-refractivity contribution in [3.63, 3.8) is 0 Å². The monoisotopic (exact) mass is 536 g/mol. The van der Waals surface area contributed by atoms with Crippen LogP contribution in [0, 0.1) is 11.7 Å². The van der Waals surface area contributed by atoms with Crippen molar-refractivity contribution in [3.8, 4) is 0 Å². The molecule has 2 atom stereocenters. The normalized spacial score (nSPS) is 22.4. The summed E-state index contributed by atoms with van der Waals surface area (Å²) in [4.78, 5) is 4.80. The maximum atomic E-state index is 13.3. The molecule has 2 fully saturated rings. The molecule has 8 heteroatoms. The van der Waals surface area contributed by atoms with Crippen LogP contribution in [0.4, 0.5) is 17.6 Å². The number of benzene rings is 2. The van der Waals surface area contributed by atoms with Crippen LogP contribution in [-0.2, 0) is 12.7 Å². The van der Waals surface area contributed by atoms with Crippen molar-refractivity contribution < 1.29 is 17.6 Å². The van der Waals surface area contributed by atoms with Crippen molar-refractivity contribution in [1.29, 1.82) is 0 Å². The van der Waals surface area contributed by atoms with Gasteiger partial charge in [0.15, 0.2) is 0 Å². The molecule has 0 aliphatic carbocycles. The SMILES string of the molecule is Fc1ccc(C2CCN(C[C@H]3CN(Cc4ccc(Cl)c(C(F)(F)F)c4)C[C@@H]3c3ccsc3)CC2)cc1. The van der Waals surface area contributed by atoms with Gasteiger partial charge in [-0.2, -0.15) is 24.5 Å². The second-order valence-corrected chi connectivity index (χ2v) is 11.2. The van der Waals surface area contributed by atoms with Gasteiger partial charge in [-0.25, -0.2) is 4.39 Å². The number of alkyl halides is 3. The zero-order chi connectivity index (χ0) is 25.3. The maximum Gasteiger partial charge on any atom is 0.417 e. The van der Waals surface area contributed by atoms with Gasteiger partial charge in [-0.3, -0.25) is 4.90 Å². The summed E-state index contributed by atoms with van der Waals surface area (Å²) >= 11 is 7.51. The maximum absolute atomic E-state index is 13.3. The van der Waals surface area contributed by atoms with Gasteiger partial charge in [0.1, 0.15) is 5.82 Å². The fourth-order valence-electron chi connectivity index (χ4n) is 5.80. The van der Waals surface area contributed by atoms with Gasteiger partial charge in [-0.05, 0) is 95.5 Å². The van der Waals surface area contributed by atoms with Crippen LogP contribution < -0.4 is 0 Å². The predicted molar refractivity (Wildman–Crippen MR) is 137 cm³/mol. The Kier molecular flexibility index (Phi) is 7.73. The van der Waals surface area contributed by atoms with Gasteiger partial charge in [-0.15, -0.1) is 0 Å². The Bertz CT molecular complexity index is 1140. The summed E-state index contributed by atoms with van der Waals surface area (Å²) in [5, 5.41) is 4.04. The Labute approximate surface area is 218 Å². The van der Waals surface area contributed by atoms with Crippen molar-refractivity contribution >= 4 is 22.9 Å². The van der Waals surface area contributed by atoms with Crippen LogP contribution in [0.5, 0.6) is 0 Å². The fourth-order valence-corrected chi connectivity index (χ4v) is 6.75. The summed E-state index contributed by atoms with van der Waals surface area (Å²) in [6, 6.07) is 13.3. The van der Waals surface area contributed by atoms with E-state index in [1.54, 1.807) is 29.5 Å². The van der Waals surface area contributed by atoms with E-state index in [1.807, 2.05) is 12.1 Å². The van der Waals surface area contributed by atoms with E-state index >= 15 is 0 Å². The van der Waals surface area contributed by atoms with Crippen molar-refractivity contribution in [1.82, 2.24) is 9.80 Å². The van der Waals surface area contributed by atoms with Gasteiger partial charge in [-0.1, -0.05) is 29.8 Å². The first-order valence-electron chi connectivity index (χ1n) is 12.3. The average Bonchev–Trinajstić information content (AvgIpc) is 3.51. The molecular weight excluding hydrogens is 508 g/mol. The van der Waals surface area contributed by atoms with Crippen LogP contribution in [0.15, 0.2) is 59.3 Å². The molecule has 2 saturated heterocycles. The van der Waals surface area contributed by atoms with E-state index in [0.29, 0.717) is 29.9 Å². The van der Waals surface area contributed by atoms with E-state index in [2.05, 4.69) is 26.6 Å². The van der Waals surface area contributed by atoms with Crippen LogP contribution in [0.25, 0.3) is 0 Å². The highest BCUT2D eigenvalue weighted by Crippen LogP contribution is 2.38. The summed E-state index contributed by atoms with van der Waals surface area (Å²) in [6.07, 6.45) is -2.35. The largest absolute Gasteiger partial charge is 0.417 e. The van der Waals surface area contributed by atoms with Crippen molar-refractivity contribution in [2.45, 2.75) is 37.4 Å². The second kappa shape index (κ2) is 10.8. The Hall–Kier alpha value is -1.93. The molecule has 36 heavy (non-hydrogen) atoms. The van der Waals surface area contributed by atoms with Crippen molar-refractivity contribution in [3.05, 3.63) is 92.4 Å². The quantitative estimate of drug-likeness (QED) is 0.298. The van der Waals surface area contributed by atoms with Gasteiger partial charge in [0.25, 0.3) is 0 Å². The van der Waals surface area contributed by atoms with E-state index in [1.165, 1.54) is 23.3 Å². The molecule has 3 heterocycles. The first-order chi connectivity index (χ1) is 17.3. The van der Waals surface area contributed by atoms with Gasteiger partial charge < -0.3 is 4.90 Å². The Morgan fingerprint density at radius 2 is 1.67 bits per heavy atom. The molecule has 0 amide bonds. The molecule has 0 radical (unpaired) electrons. The highest BCUT2D eigenvalue weighted by atomic mass is 35.5. The molecule has 192 valence electrons. The summed E-state index contributed by atoms with van der Waals surface area (Å²) in [7, 11) is 0. The number of rotatable bonds is 6. The molecule has 1 aromatic heterocycles. The van der Waals surface area contributed by atoms with Crippen LogP contribution in [0.1, 0.15) is 46.9 Å². The summed E-state index contributed by atoms with van der Waals surface area (Å²) in [5.74, 6) is 1.04. The van der Waals surface area contributed by atoms with Crippen molar-refractivity contribution in [2.75, 3.05) is 32.7 Å². The molecule has 0 bridgehead atoms. The molecule has 2 aliphatic heterocycles. The summed E-state index contributed by atoms with van der Waals surface area (Å²) < 4.78 is 53.3. The minimum absolute atomic E-state index is 0.199. The third-order valence-corrected chi connectivity index (χ3v) is 8.68. The predicted octanol–water partition coefficient (Wildman–Crippen LogP) is 7.65. The van der Waals surface area contributed by atoms with Crippen LogP contribution in [0.3, 0.4) is 0 Å². The molecule has 2 aromatic carbocycles. The zero-order valence-corrected chi connectivity index (χ0v) is 21.4. The molecule has 2 nitrogen and oxygen atoms in total. The van der Waals surface area contributed by atoms with Gasteiger partial charge in [0.2, 0.25) is 0 Å². The minimum Gasteiger partial charge on any atom is -0.303 e. The van der Waals surface area contributed by atoms with E-state index in [4.69, 9.17) is 11.6 Å². The smallest absolute Gasteiger partial charge is 0.303 e. The molecule has 0 saturated carbocycles. The molecule has 0 spiro atoms. The van der Waals surface area contributed by atoms with Crippen LogP contribution >= 0.6 is 22.9 Å². The van der Waals surface area contributed by atoms with Crippen LogP contribution in [0.2, 0.25) is 5.02 Å². The molecule has 5 rings (SSSR count). The highest BCUT2D eigenvalue weighted by Gasteiger charge is 2.37. The minimum atomic E-state index is -4.46. The third-order valence-electron chi connectivity index (χ3n) is 7.65. The summed E-state index contributed by atoms with van der Waals surface area (Å²) in [5.41, 5.74) is 2.40. The third kappa shape index (κ3) is 5.96. The van der Waals surface area contributed by atoms with Gasteiger partial charge >= 0.3 is 6.18 Å². The van der Waals surface area contributed by atoms with Gasteiger partial charge in [0, 0.05) is 32.1 Å². The Morgan fingerprint density at radius 3 is 2.33 bits per heavy atom. The molecule has 2 aliphatic rings. The first-order valence-corrected chi connectivity index (χ1v) is 13.7. The average molecular weight is 537 g/mol. The van der Waals surface area contributed by atoms with E-state index in [9.17, 15) is 17.6 Å². The number of piperidine rings is 1. The zero-order valence-electron chi connectivity index (χ0n) is 19.9. The van der Waals surface area contributed by atoms with Gasteiger partial charge in [0.05, 0.1) is 10.6 Å². The standard InChI is InChI=1S/C28H29ClF4N2S/c29-27-6-1-19(13-26(27)28(31,32)33)14-35-16-23(25(17-35)22-9-12-36-18-22)15-34-10-7-21(8-11-34)20-2-4-24(30)5-3-20/h1-6,9,12-13,18,21,23,25H,7-8,10-11,14-17H2/t23-,25+/m0/s1. The molecule has 0 N–H and O–H groups in total. The number of thiophene rings is 1. The van der Waals surface area contributed by atoms with Crippen LogP contribution in [-0.4, -0.2) is 42.5 Å². The Balaban J connectivity index is 1.24. The Morgan fingerprint density at radius 1 is 0.917 bits per heavy atom. The fraction of sp³-hybridized carbons (Fsp3) is 0.429. The number of likely N-dealkylation sites (tertiary alicyclic amines) is 2. The molecule has 0 unspecified atom stereocenters. The first kappa shape index (κ1) is 25.7. The second-order valence-electron chi connectivity index (χ2n) is 10.1. The van der Waals surface area contributed by atoms with Crippen molar-refractivity contribution in [2.24, 2.45) is 5.92 Å². The number of hydrogen-bond acceptors (Lipinski definition) is 3. The lowest BCUT2D eigenvalue weighted by atomic mass is 9.87. The number of halogens is 5. The molecular formula is C28H29ClF4N2S. The van der Waals surface area contributed by atoms with E-state index in [-0.39, 0.29) is 10.8 Å².